The van der Waals surface area contributed by atoms with Crippen LogP contribution in [-0.2, 0) is 19.5 Å². The standard InChI is InChI=1S/C21H19ClFN3O/c1-13-10-14(2-7-18(13)23)11-26-9-8-19-17(12-26)21(27)25-20(24-19)15-3-5-16(22)6-4-15/h2-7,10H,8-9,11-12H2,1H3,(H,24,25,27). The number of hydrogen-bond acceptors (Lipinski definition) is 3. The summed E-state index contributed by atoms with van der Waals surface area (Å²) in [6, 6.07) is 12.4. The highest BCUT2D eigenvalue weighted by molar-refractivity contribution is 6.30. The molecule has 0 saturated carbocycles. The number of nitrogens with one attached hydrogen (secondary N) is 1. The molecular formula is C21H19ClFN3O. The summed E-state index contributed by atoms with van der Waals surface area (Å²) in [6.45, 7) is 3.78. The fourth-order valence-corrected chi connectivity index (χ4v) is 3.55. The molecule has 0 fully saturated rings. The molecule has 2 aromatic carbocycles. The Balaban J connectivity index is 1.57. The van der Waals surface area contributed by atoms with Gasteiger partial charge < -0.3 is 4.98 Å². The largest absolute Gasteiger partial charge is 0.306 e. The lowest BCUT2D eigenvalue weighted by atomic mass is 10.0. The first-order chi connectivity index (χ1) is 13.0. The molecule has 0 spiro atoms. The number of benzene rings is 2. The van der Waals surface area contributed by atoms with Crippen LogP contribution in [-0.4, -0.2) is 21.4 Å². The normalized spacial score (nSPS) is 14.2. The number of aromatic amines is 1. The van der Waals surface area contributed by atoms with Gasteiger partial charge in [0.15, 0.2) is 0 Å². The SMILES string of the molecule is Cc1cc(CN2CCc3nc(-c4ccc(Cl)cc4)[nH]c(=O)c3C2)ccc1F. The zero-order valence-corrected chi connectivity index (χ0v) is 15.7. The van der Waals surface area contributed by atoms with E-state index in [1.165, 1.54) is 6.07 Å². The highest BCUT2D eigenvalue weighted by Crippen LogP contribution is 2.21. The molecule has 1 aliphatic rings. The third kappa shape index (κ3) is 3.80. The molecule has 4 rings (SSSR count). The Kier molecular flexibility index (Phi) is 4.81. The molecule has 6 heteroatoms. The van der Waals surface area contributed by atoms with Crippen molar-refractivity contribution in [1.29, 1.82) is 0 Å². The number of fused-ring (bicyclic) bond motifs is 1. The van der Waals surface area contributed by atoms with Gasteiger partial charge in [0.25, 0.3) is 5.56 Å². The van der Waals surface area contributed by atoms with Crippen molar-refractivity contribution in [3.05, 3.63) is 86.0 Å². The van der Waals surface area contributed by atoms with E-state index in [1.54, 1.807) is 25.1 Å². The molecule has 0 saturated heterocycles. The molecule has 1 aromatic heterocycles. The van der Waals surface area contributed by atoms with E-state index in [2.05, 4.69) is 14.9 Å². The fraction of sp³-hybridized carbons (Fsp3) is 0.238. The quantitative estimate of drug-likeness (QED) is 0.740. The summed E-state index contributed by atoms with van der Waals surface area (Å²) in [5, 5.41) is 0.644. The third-order valence-corrected chi connectivity index (χ3v) is 5.15. The minimum atomic E-state index is -0.196. The Labute approximate surface area is 161 Å². The zero-order valence-electron chi connectivity index (χ0n) is 14.9. The molecule has 0 unspecified atom stereocenters. The lowest BCUT2D eigenvalue weighted by molar-refractivity contribution is 0.241. The summed E-state index contributed by atoms with van der Waals surface area (Å²) >= 11 is 5.93. The highest BCUT2D eigenvalue weighted by Gasteiger charge is 2.21. The summed E-state index contributed by atoms with van der Waals surface area (Å²) in [4.78, 5) is 22.4. The fourth-order valence-electron chi connectivity index (χ4n) is 3.42. The molecule has 4 nitrogen and oxygen atoms in total. The summed E-state index contributed by atoms with van der Waals surface area (Å²) in [7, 11) is 0. The van der Waals surface area contributed by atoms with Crippen LogP contribution in [0.15, 0.2) is 47.3 Å². The Morgan fingerprint density at radius 1 is 1.22 bits per heavy atom. The maximum Gasteiger partial charge on any atom is 0.255 e. The molecule has 1 N–H and O–H groups in total. The first-order valence-electron chi connectivity index (χ1n) is 8.85. The molecule has 2 heterocycles. The van der Waals surface area contributed by atoms with E-state index in [0.717, 1.165) is 23.4 Å². The van der Waals surface area contributed by atoms with E-state index in [9.17, 15) is 9.18 Å². The number of hydrogen-bond donors (Lipinski definition) is 1. The number of rotatable bonds is 3. The van der Waals surface area contributed by atoms with Crippen LogP contribution in [0.2, 0.25) is 5.02 Å². The van der Waals surface area contributed by atoms with Crippen molar-refractivity contribution < 1.29 is 4.39 Å². The second kappa shape index (κ2) is 7.25. The average molecular weight is 384 g/mol. The van der Waals surface area contributed by atoms with Gasteiger partial charge in [-0.05, 0) is 48.4 Å². The third-order valence-electron chi connectivity index (χ3n) is 4.89. The van der Waals surface area contributed by atoms with Gasteiger partial charge in [0, 0.05) is 36.6 Å². The Morgan fingerprint density at radius 3 is 2.74 bits per heavy atom. The van der Waals surface area contributed by atoms with Crippen LogP contribution in [0.3, 0.4) is 0 Å². The summed E-state index contributed by atoms with van der Waals surface area (Å²) < 4.78 is 13.5. The first kappa shape index (κ1) is 17.9. The van der Waals surface area contributed by atoms with E-state index < -0.39 is 0 Å². The lowest BCUT2D eigenvalue weighted by Crippen LogP contribution is -2.35. The van der Waals surface area contributed by atoms with Crippen LogP contribution < -0.4 is 5.56 Å². The molecule has 0 aliphatic carbocycles. The van der Waals surface area contributed by atoms with Gasteiger partial charge in [0.05, 0.1) is 11.3 Å². The van der Waals surface area contributed by atoms with Gasteiger partial charge in [-0.25, -0.2) is 9.37 Å². The van der Waals surface area contributed by atoms with Crippen molar-refractivity contribution in [2.75, 3.05) is 6.54 Å². The second-order valence-corrected chi connectivity index (χ2v) is 7.33. The molecule has 0 radical (unpaired) electrons. The predicted octanol–water partition coefficient (Wildman–Crippen LogP) is 4.10. The Hall–Kier alpha value is -2.50. The Bertz CT molecular complexity index is 1050. The minimum absolute atomic E-state index is 0.107. The maximum atomic E-state index is 13.5. The number of halogens is 2. The van der Waals surface area contributed by atoms with E-state index in [1.807, 2.05) is 18.2 Å². The summed E-state index contributed by atoms with van der Waals surface area (Å²) in [5.74, 6) is 0.371. The van der Waals surface area contributed by atoms with Crippen molar-refractivity contribution in [1.82, 2.24) is 14.9 Å². The molecule has 0 atom stereocenters. The van der Waals surface area contributed by atoms with Crippen LogP contribution >= 0.6 is 11.6 Å². The molecule has 0 amide bonds. The molecule has 27 heavy (non-hydrogen) atoms. The molecule has 1 aliphatic heterocycles. The average Bonchev–Trinajstić information content (AvgIpc) is 2.66. The predicted molar refractivity (Wildman–Crippen MR) is 104 cm³/mol. The molecule has 3 aromatic rings. The lowest BCUT2D eigenvalue weighted by Gasteiger charge is -2.27. The van der Waals surface area contributed by atoms with Crippen molar-refractivity contribution in [2.24, 2.45) is 0 Å². The second-order valence-electron chi connectivity index (χ2n) is 6.89. The molecule has 138 valence electrons. The van der Waals surface area contributed by atoms with Crippen molar-refractivity contribution in [3.8, 4) is 11.4 Å². The van der Waals surface area contributed by atoms with Gasteiger partial charge in [0.2, 0.25) is 0 Å². The van der Waals surface area contributed by atoms with E-state index in [-0.39, 0.29) is 11.4 Å². The monoisotopic (exact) mass is 383 g/mol. The minimum Gasteiger partial charge on any atom is -0.306 e. The maximum absolute atomic E-state index is 13.5. The highest BCUT2D eigenvalue weighted by atomic mass is 35.5. The molecule has 0 bridgehead atoms. The number of aryl methyl sites for hydroxylation is 1. The van der Waals surface area contributed by atoms with Gasteiger partial charge in [-0.2, -0.15) is 0 Å². The number of nitrogens with zero attached hydrogens (tertiary/aromatic N) is 2. The smallest absolute Gasteiger partial charge is 0.255 e. The summed E-state index contributed by atoms with van der Waals surface area (Å²) in [6.07, 6.45) is 0.708. The zero-order chi connectivity index (χ0) is 19.0. The Morgan fingerprint density at radius 2 is 2.00 bits per heavy atom. The van der Waals surface area contributed by atoms with Crippen molar-refractivity contribution in [3.63, 3.8) is 0 Å². The topological polar surface area (TPSA) is 49.0 Å². The van der Waals surface area contributed by atoms with Crippen LogP contribution in [0.5, 0.6) is 0 Å². The van der Waals surface area contributed by atoms with Crippen LogP contribution in [0.25, 0.3) is 11.4 Å². The van der Waals surface area contributed by atoms with Crippen LogP contribution in [0.1, 0.15) is 22.4 Å². The van der Waals surface area contributed by atoms with Gasteiger partial charge in [-0.15, -0.1) is 0 Å². The van der Waals surface area contributed by atoms with Crippen LogP contribution in [0.4, 0.5) is 4.39 Å². The van der Waals surface area contributed by atoms with Gasteiger partial charge in [0.1, 0.15) is 11.6 Å². The van der Waals surface area contributed by atoms with E-state index >= 15 is 0 Å². The first-order valence-corrected chi connectivity index (χ1v) is 9.23. The summed E-state index contributed by atoms with van der Waals surface area (Å²) in [5.41, 5.74) is 3.96. The molecular weight excluding hydrogens is 365 g/mol. The van der Waals surface area contributed by atoms with E-state index in [0.29, 0.717) is 41.5 Å². The van der Waals surface area contributed by atoms with Crippen LogP contribution in [0, 0.1) is 12.7 Å². The van der Waals surface area contributed by atoms with Gasteiger partial charge >= 0.3 is 0 Å². The van der Waals surface area contributed by atoms with Crippen molar-refractivity contribution >= 4 is 11.6 Å². The van der Waals surface area contributed by atoms with Gasteiger partial charge in [-0.3, -0.25) is 9.69 Å². The number of H-pyrrole nitrogens is 1. The van der Waals surface area contributed by atoms with Gasteiger partial charge in [-0.1, -0.05) is 23.7 Å². The number of aromatic nitrogens is 2. The van der Waals surface area contributed by atoms with E-state index in [4.69, 9.17) is 11.6 Å². The van der Waals surface area contributed by atoms with Crippen molar-refractivity contribution in [2.45, 2.75) is 26.4 Å².